The van der Waals surface area contributed by atoms with Gasteiger partial charge < -0.3 is 29.5 Å². The molecule has 6 heteroatoms. The molecule has 0 spiro atoms. The third-order valence-corrected chi connectivity index (χ3v) is 4.93. The van der Waals surface area contributed by atoms with Crippen molar-refractivity contribution in [3.05, 3.63) is 54.6 Å². The molecule has 0 heterocycles. The first-order chi connectivity index (χ1) is 14.7. The van der Waals surface area contributed by atoms with Crippen LogP contribution in [0.4, 0.5) is 0 Å². The summed E-state index contributed by atoms with van der Waals surface area (Å²) in [4.78, 5) is 0. The Kier molecular flexibility index (Phi) is 6.18. The second-order valence-electron chi connectivity index (χ2n) is 6.84. The van der Waals surface area contributed by atoms with Crippen molar-refractivity contribution >= 4 is 32.3 Å². The number of aliphatic hydroxyl groups is 3. The van der Waals surface area contributed by atoms with Crippen LogP contribution >= 0.6 is 0 Å². The summed E-state index contributed by atoms with van der Waals surface area (Å²) in [7, 11) is 0. The Morgan fingerprint density at radius 1 is 0.500 bits per heavy atom. The quantitative estimate of drug-likeness (QED) is 0.369. The Morgan fingerprint density at radius 2 is 1.03 bits per heavy atom. The molecule has 0 saturated heterocycles. The van der Waals surface area contributed by atoms with Crippen LogP contribution in [0.1, 0.15) is 0 Å². The van der Waals surface area contributed by atoms with Gasteiger partial charge in [0.1, 0.15) is 37.1 Å². The standard InChI is InChI=1S/C24H24O6/c25-7-10-28-17-3-1-16-2-5-19-22-14-18(29-11-8-26)4-6-20(22)24(30-12-9-27)15-23(19)21(16)13-17/h1-6,13-15,25-27H,7-12H2. The Balaban J connectivity index is 1.96. The summed E-state index contributed by atoms with van der Waals surface area (Å²) in [6.07, 6.45) is 0. The van der Waals surface area contributed by atoms with E-state index >= 15 is 0 Å². The topological polar surface area (TPSA) is 88.4 Å². The summed E-state index contributed by atoms with van der Waals surface area (Å²) in [5.74, 6) is 2.02. The minimum absolute atomic E-state index is 0.0476. The molecule has 0 unspecified atom stereocenters. The fourth-order valence-electron chi connectivity index (χ4n) is 3.66. The Hall–Kier alpha value is -3.06. The predicted molar refractivity (Wildman–Crippen MR) is 117 cm³/mol. The predicted octanol–water partition coefficient (Wildman–Crippen LogP) is 3.26. The molecule has 0 aliphatic rings. The minimum Gasteiger partial charge on any atom is -0.491 e. The maximum atomic E-state index is 9.24. The minimum atomic E-state index is -0.0775. The molecule has 156 valence electrons. The zero-order valence-electron chi connectivity index (χ0n) is 16.5. The van der Waals surface area contributed by atoms with Crippen molar-refractivity contribution < 1.29 is 29.5 Å². The summed E-state index contributed by atoms with van der Waals surface area (Å²) < 4.78 is 17.1. The van der Waals surface area contributed by atoms with Gasteiger partial charge in [-0.3, -0.25) is 0 Å². The third-order valence-electron chi connectivity index (χ3n) is 4.93. The van der Waals surface area contributed by atoms with Gasteiger partial charge in [-0.1, -0.05) is 18.2 Å². The zero-order valence-corrected chi connectivity index (χ0v) is 16.5. The summed E-state index contributed by atoms with van der Waals surface area (Å²) in [6, 6.07) is 17.7. The van der Waals surface area contributed by atoms with E-state index in [-0.39, 0.29) is 39.6 Å². The lowest BCUT2D eigenvalue weighted by atomic mass is 9.96. The van der Waals surface area contributed by atoms with Crippen molar-refractivity contribution in [3.63, 3.8) is 0 Å². The molecule has 0 aliphatic carbocycles. The molecule has 0 bridgehead atoms. The molecule has 0 saturated carbocycles. The number of fused-ring (bicyclic) bond motifs is 5. The van der Waals surface area contributed by atoms with E-state index in [0.29, 0.717) is 17.2 Å². The first-order valence-corrected chi connectivity index (χ1v) is 9.89. The van der Waals surface area contributed by atoms with E-state index in [0.717, 1.165) is 32.3 Å². The highest BCUT2D eigenvalue weighted by atomic mass is 16.5. The van der Waals surface area contributed by atoms with E-state index in [2.05, 4.69) is 12.1 Å². The fourth-order valence-corrected chi connectivity index (χ4v) is 3.66. The van der Waals surface area contributed by atoms with E-state index in [9.17, 15) is 5.11 Å². The number of benzene rings is 4. The van der Waals surface area contributed by atoms with Crippen LogP contribution in [0.25, 0.3) is 32.3 Å². The molecule has 3 N–H and O–H groups in total. The number of rotatable bonds is 9. The van der Waals surface area contributed by atoms with Crippen molar-refractivity contribution in [2.24, 2.45) is 0 Å². The molecular weight excluding hydrogens is 384 g/mol. The van der Waals surface area contributed by atoms with E-state index in [1.54, 1.807) is 0 Å². The van der Waals surface area contributed by atoms with Gasteiger partial charge in [-0.2, -0.15) is 0 Å². The average molecular weight is 408 g/mol. The molecule has 4 rings (SSSR count). The van der Waals surface area contributed by atoms with E-state index in [1.165, 1.54) is 0 Å². The van der Waals surface area contributed by atoms with Crippen molar-refractivity contribution in [2.75, 3.05) is 39.6 Å². The van der Waals surface area contributed by atoms with Crippen LogP contribution in [-0.4, -0.2) is 55.0 Å². The van der Waals surface area contributed by atoms with Gasteiger partial charge in [0.15, 0.2) is 0 Å². The lowest BCUT2D eigenvalue weighted by molar-refractivity contribution is 0.201. The molecule has 0 atom stereocenters. The van der Waals surface area contributed by atoms with Gasteiger partial charge in [0.25, 0.3) is 0 Å². The van der Waals surface area contributed by atoms with Crippen molar-refractivity contribution in [1.82, 2.24) is 0 Å². The highest BCUT2D eigenvalue weighted by Crippen LogP contribution is 2.39. The molecule has 0 aromatic heterocycles. The maximum Gasteiger partial charge on any atom is 0.127 e. The van der Waals surface area contributed by atoms with Gasteiger partial charge in [-0.25, -0.2) is 0 Å². The summed E-state index contributed by atoms with van der Waals surface area (Å²) in [5, 5.41) is 33.3. The molecule has 0 fully saturated rings. The lowest BCUT2D eigenvalue weighted by Crippen LogP contribution is -2.03. The van der Waals surface area contributed by atoms with Gasteiger partial charge in [0.2, 0.25) is 0 Å². The van der Waals surface area contributed by atoms with Gasteiger partial charge in [0.05, 0.1) is 19.8 Å². The van der Waals surface area contributed by atoms with E-state index in [1.807, 2.05) is 42.5 Å². The number of hydrogen-bond donors (Lipinski definition) is 3. The van der Waals surface area contributed by atoms with Crippen LogP contribution < -0.4 is 14.2 Å². The largest absolute Gasteiger partial charge is 0.491 e. The van der Waals surface area contributed by atoms with Gasteiger partial charge >= 0.3 is 0 Å². The monoisotopic (exact) mass is 408 g/mol. The van der Waals surface area contributed by atoms with Crippen molar-refractivity contribution in [1.29, 1.82) is 0 Å². The zero-order chi connectivity index (χ0) is 20.9. The van der Waals surface area contributed by atoms with Gasteiger partial charge in [0, 0.05) is 5.39 Å². The van der Waals surface area contributed by atoms with Crippen LogP contribution in [0.2, 0.25) is 0 Å². The smallest absolute Gasteiger partial charge is 0.127 e. The second-order valence-corrected chi connectivity index (χ2v) is 6.84. The molecule has 0 amide bonds. The first kappa shape index (κ1) is 20.2. The van der Waals surface area contributed by atoms with E-state index in [4.69, 9.17) is 24.4 Å². The van der Waals surface area contributed by atoms with Crippen LogP contribution in [0.3, 0.4) is 0 Å². The Morgan fingerprint density at radius 3 is 1.73 bits per heavy atom. The normalized spacial score (nSPS) is 11.3. The van der Waals surface area contributed by atoms with Crippen LogP contribution in [0, 0.1) is 0 Å². The number of ether oxygens (including phenoxy) is 3. The molecule has 4 aromatic rings. The van der Waals surface area contributed by atoms with Crippen LogP contribution in [-0.2, 0) is 0 Å². The maximum absolute atomic E-state index is 9.24. The van der Waals surface area contributed by atoms with Crippen LogP contribution in [0.15, 0.2) is 54.6 Å². The molecule has 0 aliphatic heterocycles. The SMILES string of the molecule is OCCOc1ccc2ccc3c4cc(OCCO)ccc4c(OCCO)cc3c2c1. The van der Waals surface area contributed by atoms with Gasteiger partial charge in [-0.05, 0) is 63.3 Å². The van der Waals surface area contributed by atoms with Gasteiger partial charge in [-0.15, -0.1) is 0 Å². The summed E-state index contributed by atoms with van der Waals surface area (Å²) in [5.41, 5.74) is 0. The highest BCUT2D eigenvalue weighted by Gasteiger charge is 2.12. The van der Waals surface area contributed by atoms with Crippen molar-refractivity contribution in [3.8, 4) is 17.2 Å². The Bertz CT molecular complexity index is 1170. The number of aliphatic hydroxyl groups excluding tert-OH is 3. The first-order valence-electron chi connectivity index (χ1n) is 9.89. The van der Waals surface area contributed by atoms with E-state index < -0.39 is 0 Å². The summed E-state index contributed by atoms with van der Waals surface area (Å²) >= 11 is 0. The molecular formula is C24H24O6. The average Bonchev–Trinajstić information content (AvgIpc) is 2.79. The third kappa shape index (κ3) is 3.98. The molecule has 0 radical (unpaired) electrons. The molecule has 30 heavy (non-hydrogen) atoms. The molecule has 4 aromatic carbocycles. The summed E-state index contributed by atoms with van der Waals surface area (Å²) in [6.45, 7) is 0.465. The van der Waals surface area contributed by atoms with Crippen molar-refractivity contribution in [2.45, 2.75) is 0 Å². The highest BCUT2D eigenvalue weighted by molar-refractivity contribution is 6.19. The fraction of sp³-hybridized carbons (Fsp3) is 0.250. The Labute approximate surface area is 173 Å². The number of hydrogen-bond acceptors (Lipinski definition) is 6. The lowest BCUT2D eigenvalue weighted by Gasteiger charge is -2.15. The van der Waals surface area contributed by atoms with Crippen LogP contribution in [0.5, 0.6) is 17.2 Å². The molecule has 6 nitrogen and oxygen atoms in total. The second kappa shape index (κ2) is 9.17.